The van der Waals surface area contributed by atoms with Crippen LogP contribution in [0.4, 0.5) is 0 Å². The van der Waals surface area contributed by atoms with E-state index in [-0.39, 0.29) is 0 Å². The Labute approximate surface area is 152 Å². The first kappa shape index (κ1) is 16.0. The molecule has 0 aliphatic carbocycles. The van der Waals surface area contributed by atoms with Crippen LogP contribution >= 0.6 is 0 Å². The van der Waals surface area contributed by atoms with Crippen LogP contribution < -0.4 is 4.74 Å². The summed E-state index contributed by atoms with van der Waals surface area (Å²) in [6, 6.07) is 28.4. The van der Waals surface area contributed by atoms with E-state index in [0.29, 0.717) is 12.2 Å². The number of fused-ring (bicyclic) bond motifs is 1. The topological polar surface area (TPSA) is 38.0 Å². The fourth-order valence-corrected chi connectivity index (χ4v) is 3.02. The van der Waals surface area contributed by atoms with Crippen molar-refractivity contribution in [3.05, 3.63) is 102 Å². The molecule has 0 atom stereocenters. The second-order valence-corrected chi connectivity index (χ2v) is 6.25. The number of rotatable bonds is 5. The molecule has 3 nitrogen and oxygen atoms in total. The van der Waals surface area contributed by atoms with Gasteiger partial charge in [-0.15, -0.1) is 0 Å². The second kappa shape index (κ2) is 7.16. The molecule has 3 heteroatoms. The Morgan fingerprint density at radius 2 is 1.65 bits per heavy atom. The summed E-state index contributed by atoms with van der Waals surface area (Å²) in [5.41, 5.74) is 4.11. The third-order valence-corrected chi connectivity index (χ3v) is 4.43. The highest BCUT2D eigenvalue weighted by Crippen LogP contribution is 2.20. The molecular weight excluding hydrogens is 320 g/mol. The Balaban J connectivity index is 1.47. The highest BCUT2D eigenvalue weighted by molar-refractivity contribution is 5.81. The van der Waals surface area contributed by atoms with E-state index < -0.39 is 0 Å². The monoisotopic (exact) mass is 338 g/mol. The molecule has 4 rings (SSSR count). The van der Waals surface area contributed by atoms with E-state index in [1.165, 1.54) is 5.56 Å². The van der Waals surface area contributed by atoms with Gasteiger partial charge in [0.15, 0.2) is 0 Å². The van der Waals surface area contributed by atoms with E-state index in [1.807, 2.05) is 48.5 Å². The highest BCUT2D eigenvalue weighted by atomic mass is 16.5. The van der Waals surface area contributed by atoms with Crippen molar-refractivity contribution in [1.82, 2.24) is 4.57 Å². The maximum atomic E-state index is 9.11. The van der Waals surface area contributed by atoms with Crippen LogP contribution in [-0.2, 0) is 13.2 Å². The zero-order valence-corrected chi connectivity index (χ0v) is 14.3. The van der Waals surface area contributed by atoms with Gasteiger partial charge in [-0.2, -0.15) is 5.26 Å². The number of nitriles is 1. The molecule has 0 fully saturated rings. The molecular formula is C23H18N2O. The van der Waals surface area contributed by atoms with E-state index in [2.05, 4.69) is 47.2 Å². The van der Waals surface area contributed by atoms with Gasteiger partial charge in [0.25, 0.3) is 0 Å². The quantitative estimate of drug-likeness (QED) is 0.505. The fraction of sp³-hybridized carbons (Fsp3) is 0.0870. The van der Waals surface area contributed by atoms with Crippen LogP contribution in [0.15, 0.2) is 85.1 Å². The second-order valence-electron chi connectivity index (χ2n) is 6.25. The molecule has 1 aromatic heterocycles. The van der Waals surface area contributed by atoms with Crippen molar-refractivity contribution in [1.29, 1.82) is 5.26 Å². The minimum Gasteiger partial charge on any atom is -0.489 e. The fourth-order valence-electron chi connectivity index (χ4n) is 3.02. The van der Waals surface area contributed by atoms with Crippen LogP contribution in [0.25, 0.3) is 10.9 Å². The molecule has 0 aliphatic rings. The van der Waals surface area contributed by atoms with Crippen molar-refractivity contribution < 1.29 is 4.74 Å². The SMILES string of the molecule is N#Cc1ccc2ccn(Cc3ccc(OCc4ccccc4)cc3)c2c1. The van der Waals surface area contributed by atoms with Gasteiger partial charge in [0.05, 0.1) is 11.6 Å². The first-order chi connectivity index (χ1) is 12.8. The summed E-state index contributed by atoms with van der Waals surface area (Å²) in [6.07, 6.45) is 2.06. The summed E-state index contributed by atoms with van der Waals surface area (Å²) >= 11 is 0. The molecule has 0 bridgehead atoms. The standard InChI is InChI=1S/C23H18N2O/c24-15-20-6-9-21-12-13-25(23(21)14-20)16-18-7-10-22(11-8-18)26-17-19-4-2-1-3-5-19/h1-14H,16-17H2. The molecule has 1 heterocycles. The van der Waals surface area contributed by atoms with Gasteiger partial charge < -0.3 is 9.30 Å². The summed E-state index contributed by atoms with van der Waals surface area (Å²) in [5, 5.41) is 10.3. The van der Waals surface area contributed by atoms with Gasteiger partial charge in [0.1, 0.15) is 12.4 Å². The third-order valence-electron chi connectivity index (χ3n) is 4.43. The lowest BCUT2D eigenvalue weighted by atomic mass is 10.2. The van der Waals surface area contributed by atoms with Gasteiger partial charge in [-0.3, -0.25) is 0 Å². The molecule has 3 aromatic carbocycles. The van der Waals surface area contributed by atoms with Crippen LogP contribution in [0.1, 0.15) is 16.7 Å². The van der Waals surface area contributed by atoms with Gasteiger partial charge >= 0.3 is 0 Å². The zero-order chi connectivity index (χ0) is 17.8. The third kappa shape index (κ3) is 3.45. The van der Waals surface area contributed by atoms with Crippen molar-refractivity contribution in [2.75, 3.05) is 0 Å². The lowest BCUT2D eigenvalue weighted by Crippen LogP contribution is -1.99. The molecule has 0 saturated heterocycles. The van der Waals surface area contributed by atoms with E-state index >= 15 is 0 Å². The smallest absolute Gasteiger partial charge is 0.119 e. The van der Waals surface area contributed by atoms with Crippen LogP contribution in [-0.4, -0.2) is 4.57 Å². The molecule has 0 saturated carbocycles. The molecule has 126 valence electrons. The maximum Gasteiger partial charge on any atom is 0.119 e. The van der Waals surface area contributed by atoms with Gasteiger partial charge in [-0.1, -0.05) is 48.5 Å². The van der Waals surface area contributed by atoms with Crippen LogP contribution in [0.3, 0.4) is 0 Å². The first-order valence-electron chi connectivity index (χ1n) is 8.56. The van der Waals surface area contributed by atoms with E-state index in [9.17, 15) is 0 Å². The summed E-state index contributed by atoms with van der Waals surface area (Å²) < 4.78 is 8.00. The maximum absolute atomic E-state index is 9.11. The lowest BCUT2D eigenvalue weighted by molar-refractivity contribution is 0.306. The molecule has 0 N–H and O–H groups in total. The van der Waals surface area contributed by atoms with Gasteiger partial charge in [0, 0.05) is 18.3 Å². The van der Waals surface area contributed by atoms with E-state index in [0.717, 1.165) is 28.8 Å². The molecule has 0 amide bonds. The minimum absolute atomic E-state index is 0.569. The lowest BCUT2D eigenvalue weighted by Gasteiger charge is -2.09. The van der Waals surface area contributed by atoms with Crippen molar-refractivity contribution >= 4 is 10.9 Å². The van der Waals surface area contributed by atoms with Crippen molar-refractivity contribution in [2.45, 2.75) is 13.2 Å². The minimum atomic E-state index is 0.569. The average molecular weight is 338 g/mol. The molecule has 0 radical (unpaired) electrons. The highest BCUT2D eigenvalue weighted by Gasteiger charge is 2.04. The van der Waals surface area contributed by atoms with Crippen molar-refractivity contribution in [3.8, 4) is 11.8 Å². The van der Waals surface area contributed by atoms with E-state index in [4.69, 9.17) is 10.00 Å². The predicted octanol–water partition coefficient (Wildman–Crippen LogP) is 5.14. The van der Waals surface area contributed by atoms with Gasteiger partial charge in [-0.25, -0.2) is 0 Å². The Kier molecular flexibility index (Phi) is 4.40. The van der Waals surface area contributed by atoms with Crippen molar-refractivity contribution in [2.24, 2.45) is 0 Å². The molecule has 0 spiro atoms. The van der Waals surface area contributed by atoms with Crippen LogP contribution in [0.5, 0.6) is 5.75 Å². The molecule has 26 heavy (non-hydrogen) atoms. The van der Waals surface area contributed by atoms with Gasteiger partial charge in [0.2, 0.25) is 0 Å². The van der Waals surface area contributed by atoms with Crippen molar-refractivity contribution in [3.63, 3.8) is 0 Å². The molecule has 0 aliphatic heterocycles. The number of benzene rings is 3. The Bertz CT molecular complexity index is 1060. The van der Waals surface area contributed by atoms with E-state index in [1.54, 1.807) is 0 Å². The Hall–Kier alpha value is -3.51. The largest absolute Gasteiger partial charge is 0.489 e. The van der Waals surface area contributed by atoms with Crippen LogP contribution in [0.2, 0.25) is 0 Å². The summed E-state index contributed by atoms with van der Waals surface area (Å²) in [7, 11) is 0. The number of ether oxygens (including phenoxy) is 1. The average Bonchev–Trinajstić information content (AvgIpc) is 3.10. The number of nitrogens with zero attached hydrogens (tertiary/aromatic N) is 2. The Morgan fingerprint density at radius 3 is 2.42 bits per heavy atom. The van der Waals surface area contributed by atoms with Gasteiger partial charge in [-0.05, 0) is 46.8 Å². The Morgan fingerprint density at radius 1 is 0.846 bits per heavy atom. The summed E-state index contributed by atoms with van der Waals surface area (Å²) in [5.74, 6) is 0.863. The predicted molar refractivity (Wildman–Crippen MR) is 103 cm³/mol. The normalized spacial score (nSPS) is 10.6. The molecule has 4 aromatic rings. The zero-order valence-electron chi connectivity index (χ0n) is 14.3. The summed E-state index contributed by atoms with van der Waals surface area (Å²) in [6.45, 7) is 1.33. The van der Waals surface area contributed by atoms with Crippen LogP contribution in [0, 0.1) is 11.3 Å². The number of hydrogen-bond acceptors (Lipinski definition) is 2. The molecule has 0 unspecified atom stereocenters. The summed E-state index contributed by atoms with van der Waals surface area (Å²) in [4.78, 5) is 0. The number of hydrogen-bond donors (Lipinski definition) is 0. The number of aromatic nitrogens is 1. The first-order valence-corrected chi connectivity index (χ1v) is 8.56.